The molecule has 1 N–H and O–H groups in total. The molecule has 2 unspecified atom stereocenters. The number of carboxylic acid groups (broad SMARTS) is 1. The van der Waals surface area contributed by atoms with E-state index in [1.165, 1.54) is 5.56 Å². The maximum atomic E-state index is 11.0. The Morgan fingerprint density at radius 1 is 1.43 bits per heavy atom. The third-order valence-corrected chi connectivity index (χ3v) is 4.35. The average Bonchev–Trinajstić information content (AvgIpc) is 2.93. The van der Waals surface area contributed by atoms with Crippen LogP contribution in [-0.4, -0.2) is 53.1 Å². The van der Waals surface area contributed by atoms with Crippen LogP contribution in [0.2, 0.25) is 0 Å². The lowest BCUT2D eigenvalue weighted by Crippen LogP contribution is -2.41. The van der Waals surface area contributed by atoms with Gasteiger partial charge in [0.25, 0.3) is 0 Å². The Kier molecular flexibility index (Phi) is 5.76. The van der Waals surface area contributed by atoms with E-state index in [4.69, 9.17) is 5.11 Å². The maximum Gasteiger partial charge on any atom is 0.307 e. The zero-order chi connectivity index (χ0) is 15.2. The first kappa shape index (κ1) is 16.0. The van der Waals surface area contributed by atoms with Gasteiger partial charge in [-0.3, -0.25) is 14.6 Å². The predicted molar refractivity (Wildman–Crippen MR) is 84.2 cm³/mol. The van der Waals surface area contributed by atoms with E-state index < -0.39 is 5.97 Å². The Hall–Kier alpha value is -1.39. The number of aliphatic carboxylic acids is 1. The smallest absolute Gasteiger partial charge is 0.307 e. The summed E-state index contributed by atoms with van der Waals surface area (Å²) in [7, 11) is 0. The van der Waals surface area contributed by atoms with Crippen LogP contribution in [0.4, 0.5) is 0 Å². The normalized spacial score (nSPS) is 20.8. The first-order chi connectivity index (χ1) is 10.1. The first-order valence-corrected chi connectivity index (χ1v) is 7.83. The largest absolute Gasteiger partial charge is 0.481 e. The summed E-state index contributed by atoms with van der Waals surface area (Å²) < 4.78 is 0. The molecule has 0 amide bonds. The lowest BCUT2D eigenvalue weighted by Gasteiger charge is -2.29. The van der Waals surface area contributed by atoms with Crippen LogP contribution in [-0.2, 0) is 11.3 Å². The van der Waals surface area contributed by atoms with Crippen LogP contribution in [0, 0.1) is 5.92 Å². The molecule has 1 aliphatic heterocycles. The van der Waals surface area contributed by atoms with Crippen molar-refractivity contribution in [1.82, 2.24) is 9.80 Å². The summed E-state index contributed by atoms with van der Waals surface area (Å²) in [6.45, 7) is 8.60. The number of hydrogen-bond acceptors (Lipinski definition) is 3. The van der Waals surface area contributed by atoms with Gasteiger partial charge in [-0.15, -0.1) is 0 Å². The third kappa shape index (κ3) is 4.55. The van der Waals surface area contributed by atoms with Gasteiger partial charge in [0.15, 0.2) is 0 Å². The molecule has 0 saturated carbocycles. The second kappa shape index (κ2) is 7.57. The zero-order valence-corrected chi connectivity index (χ0v) is 13.0. The summed E-state index contributed by atoms with van der Waals surface area (Å²) in [5.41, 5.74) is 1.35. The van der Waals surface area contributed by atoms with Gasteiger partial charge in [-0.25, -0.2) is 0 Å². The monoisotopic (exact) mass is 290 g/mol. The Balaban J connectivity index is 1.86. The maximum absolute atomic E-state index is 11.0. The fraction of sp³-hybridized carbons (Fsp3) is 0.588. The van der Waals surface area contributed by atoms with E-state index in [1.807, 2.05) is 6.07 Å². The summed E-state index contributed by atoms with van der Waals surface area (Å²) in [5.74, 6) is -0.999. The fourth-order valence-electron chi connectivity index (χ4n) is 3.06. The number of carboxylic acids is 1. The van der Waals surface area contributed by atoms with E-state index in [9.17, 15) is 4.79 Å². The highest BCUT2D eigenvalue weighted by molar-refractivity contribution is 5.69. The molecule has 0 radical (unpaired) electrons. The molecule has 4 nitrogen and oxygen atoms in total. The Bertz CT molecular complexity index is 449. The zero-order valence-electron chi connectivity index (χ0n) is 13.0. The molecule has 2 atom stereocenters. The first-order valence-electron chi connectivity index (χ1n) is 7.83. The summed E-state index contributed by atoms with van der Waals surface area (Å²) >= 11 is 0. The summed E-state index contributed by atoms with van der Waals surface area (Å²) in [6.07, 6.45) is 1.13. The van der Waals surface area contributed by atoms with E-state index in [0.29, 0.717) is 12.6 Å². The SMILES string of the molecule is CCN(CC(C)C(=O)O)C1CCN(Cc2ccccc2)C1. The molecule has 1 heterocycles. The van der Waals surface area contributed by atoms with Crippen molar-refractivity contribution in [3.63, 3.8) is 0 Å². The van der Waals surface area contributed by atoms with Crippen molar-refractivity contribution in [1.29, 1.82) is 0 Å². The van der Waals surface area contributed by atoms with Gasteiger partial charge < -0.3 is 5.11 Å². The van der Waals surface area contributed by atoms with Crippen LogP contribution < -0.4 is 0 Å². The highest BCUT2D eigenvalue weighted by Gasteiger charge is 2.28. The Labute approximate surface area is 127 Å². The minimum atomic E-state index is -0.701. The number of benzene rings is 1. The minimum Gasteiger partial charge on any atom is -0.481 e. The molecule has 0 spiro atoms. The van der Waals surface area contributed by atoms with Gasteiger partial charge >= 0.3 is 5.97 Å². The van der Waals surface area contributed by atoms with Crippen molar-refractivity contribution in [2.45, 2.75) is 32.9 Å². The van der Waals surface area contributed by atoms with Gasteiger partial charge in [-0.05, 0) is 18.5 Å². The van der Waals surface area contributed by atoms with E-state index >= 15 is 0 Å². The highest BCUT2D eigenvalue weighted by atomic mass is 16.4. The van der Waals surface area contributed by atoms with E-state index in [0.717, 1.165) is 32.6 Å². The van der Waals surface area contributed by atoms with Gasteiger partial charge in [0, 0.05) is 32.2 Å². The van der Waals surface area contributed by atoms with E-state index in [1.54, 1.807) is 6.92 Å². The number of carbonyl (C=O) groups is 1. The molecule has 0 bridgehead atoms. The number of hydrogen-bond donors (Lipinski definition) is 1. The Morgan fingerprint density at radius 3 is 2.76 bits per heavy atom. The van der Waals surface area contributed by atoms with Crippen LogP contribution in [0.1, 0.15) is 25.8 Å². The quantitative estimate of drug-likeness (QED) is 0.837. The lowest BCUT2D eigenvalue weighted by molar-refractivity contribution is -0.141. The van der Waals surface area contributed by atoms with Gasteiger partial charge in [-0.1, -0.05) is 44.2 Å². The average molecular weight is 290 g/mol. The van der Waals surface area contributed by atoms with Gasteiger partial charge in [-0.2, -0.15) is 0 Å². The molecular formula is C17H26N2O2. The predicted octanol–water partition coefficient (Wildman–Crippen LogP) is 2.30. The third-order valence-electron chi connectivity index (χ3n) is 4.35. The van der Waals surface area contributed by atoms with E-state index in [2.05, 4.69) is 41.0 Å². The molecule has 2 rings (SSSR count). The molecule has 1 saturated heterocycles. The molecule has 116 valence electrons. The number of nitrogens with zero attached hydrogens (tertiary/aromatic N) is 2. The molecule has 21 heavy (non-hydrogen) atoms. The van der Waals surface area contributed by atoms with Crippen molar-refractivity contribution in [2.75, 3.05) is 26.2 Å². The summed E-state index contributed by atoms with van der Waals surface area (Å²) in [4.78, 5) is 15.8. The Morgan fingerprint density at radius 2 is 2.14 bits per heavy atom. The van der Waals surface area contributed by atoms with Crippen LogP contribution in [0.3, 0.4) is 0 Å². The van der Waals surface area contributed by atoms with Crippen molar-refractivity contribution >= 4 is 5.97 Å². The molecule has 1 aliphatic rings. The summed E-state index contributed by atoms with van der Waals surface area (Å²) in [6, 6.07) is 11.0. The molecule has 0 aromatic heterocycles. The fourth-order valence-corrected chi connectivity index (χ4v) is 3.06. The van der Waals surface area contributed by atoms with Crippen molar-refractivity contribution < 1.29 is 9.90 Å². The number of likely N-dealkylation sites (N-methyl/N-ethyl adjacent to an activating group) is 1. The van der Waals surface area contributed by atoms with Crippen LogP contribution >= 0.6 is 0 Å². The van der Waals surface area contributed by atoms with Crippen LogP contribution in [0.25, 0.3) is 0 Å². The van der Waals surface area contributed by atoms with Gasteiger partial charge in [0.05, 0.1) is 5.92 Å². The standard InChI is InChI=1S/C17H26N2O2/c1-3-19(11-14(2)17(20)21)16-9-10-18(13-16)12-15-7-5-4-6-8-15/h4-8,14,16H,3,9-13H2,1-2H3,(H,20,21). The molecule has 0 aliphatic carbocycles. The number of likely N-dealkylation sites (tertiary alicyclic amines) is 1. The van der Waals surface area contributed by atoms with E-state index in [-0.39, 0.29) is 5.92 Å². The van der Waals surface area contributed by atoms with Crippen molar-refractivity contribution in [3.05, 3.63) is 35.9 Å². The number of rotatable bonds is 7. The molecular weight excluding hydrogens is 264 g/mol. The molecule has 1 aromatic carbocycles. The molecule has 1 aromatic rings. The highest BCUT2D eigenvalue weighted by Crippen LogP contribution is 2.19. The topological polar surface area (TPSA) is 43.8 Å². The lowest BCUT2D eigenvalue weighted by atomic mass is 10.1. The minimum absolute atomic E-state index is 0.298. The second-order valence-corrected chi connectivity index (χ2v) is 5.99. The second-order valence-electron chi connectivity index (χ2n) is 5.99. The van der Waals surface area contributed by atoms with Crippen LogP contribution in [0.5, 0.6) is 0 Å². The van der Waals surface area contributed by atoms with Gasteiger partial charge in [0.1, 0.15) is 0 Å². The van der Waals surface area contributed by atoms with Crippen molar-refractivity contribution in [3.8, 4) is 0 Å². The molecule has 1 fully saturated rings. The van der Waals surface area contributed by atoms with Gasteiger partial charge in [0.2, 0.25) is 0 Å². The molecule has 4 heteroatoms. The van der Waals surface area contributed by atoms with Crippen molar-refractivity contribution in [2.24, 2.45) is 5.92 Å². The summed E-state index contributed by atoms with van der Waals surface area (Å²) in [5, 5.41) is 9.08. The van der Waals surface area contributed by atoms with Crippen LogP contribution in [0.15, 0.2) is 30.3 Å².